The number of nitrogens with zero attached hydrogens (tertiary/aromatic N) is 2. The molecular formula is C17H20ClN3. The lowest BCUT2D eigenvalue weighted by atomic mass is 10.1. The predicted octanol–water partition coefficient (Wildman–Crippen LogP) is 3.43. The minimum Gasteiger partial charge on any atom is -0.371 e. The van der Waals surface area contributed by atoms with Crippen molar-refractivity contribution in [1.29, 1.82) is 0 Å². The molecule has 1 aliphatic heterocycles. The van der Waals surface area contributed by atoms with E-state index in [1.165, 1.54) is 16.9 Å². The summed E-state index contributed by atoms with van der Waals surface area (Å²) in [6.45, 7) is 2.53. The van der Waals surface area contributed by atoms with Gasteiger partial charge in [-0.3, -0.25) is 0 Å². The maximum absolute atomic E-state index is 6.51. The molecule has 0 fully saturated rings. The zero-order valence-corrected chi connectivity index (χ0v) is 13.0. The smallest absolute Gasteiger partial charge is 0.0649 e. The fourth-order valence-corrected chi connectivity index (χ4v) is 3.25. The van der Waals surface area contributed by atoms with Gasteiger partial charge in [0.1, 0.15) is 0 Å². The molecule has 0 bridgehead atoms. The second kappa shape index (κ2) is 5.96. The van der Waals surface area contributed by atoms with E-state index in [1.54, 1.807) is 0 Å². The molecule has 2 N–H and O–H groups in total. The second-order valence-corrected chi connectivity index (χ2v) is 5.76. The van der Waals surface area contributed by atoms with Crippen molar-refractivity contribution in [3.05, 3.63) is 53.1 Å². The summed E-state index contributed by atoms with van der Waals surface area (Å²) < 4.78 is 0. The summed E-state index contributed by atoms with van der Waals surface area (Å²) >= 11 is 6.51. The summed E-state index contributed by atoms with van der Waals surface area (Å²) in [7, 11) is 2.13. The summed E-state index contributed by atoms with van der Waals surface area (Å²) in [6.07, 6.45) is 0.838. The topological polar surface area (TPSA) is 32.5 Å². The standard InChI is InChI=1S/C17H20ClN3/c1-20-11-12-21(16-8-3-2-7-15(16)20)17-13(9-10-19)5-4-6-14(17)18/h2-8H,9-12,19H2,1H3. The van der Waals surface area contributed by atoms with Crippen molar-refractivity contribution in [3.8, 4) is 0 Å². The largest absolute Gasteiger partial charge is 0.371 e. The third-order valence-electron chi connectivity index (χ3n) is 4.00. The molecule has 2 aromatic rings. The number of nitrogens with two attached hydrogens (primary N) is 1. The van der Waals surface area contributed by atoms with Gasteiger partial charge in [0, 0.05) is 20.1 Å². The van der Waals surface area contributed by atoms with Gasteiger partial charge in [0.25, 0.3) is 0 Å². The van der Waals surface area contributed by atoms with Crippen molar-refractivity contribution in [1.82, 2.24) is 0 Å². The maximum Gasteiger partial charge on any atom is 0.0649 e. The fourth-order valence-electron chi connectivity index (χ4n) is 2.96. The number of hydrogen-bond donors (Lipinski definition) is 1. The molecule has 0 saturated heterocycles. The molecule has 1 heterocycles. The van der Waals surface area contributed by atoms with Gasteiger partial charge in [-0.15, -0.1) is 0 Å². The Morgan fingerprint density at radius 2 is 1.81 bits per heavy atom. The Hall–Kier alpha value is -1.71. The van der Waals surface area contributed by atoms with Crippen LogP contribution < -0.4 is 15.5 Å². The molecule has 3 rings (SSSR count). The van der Waals surface area contributed by atoms with Gasteiger partial charge in [0.2, 0.25) is 0 Å². The number of fused-ring (bicyclic) bond motifs is 1. The highest BCUT2D eigenvalue weighted by molar-refractivity contribution is 6.33. The van der Waals surface area contributed by atoms with Gasteiger partial charge in [-0.1, -0.05) is 35.9 Å². The molecule has 0 aromatic heterocycles. The van der Waals surface area contributed by atoms with E-state index in [4.69, 9.17) is 17.3 Å². The molecule has 0 unspecified atom stereocenters. The maximum atomic E-state index is 6.51. The molecule has 0 aliphatic carbocycles. The van der Waals surface area contributed by atoms with Crippen molar-refractivity contribution in [2.24, 2.45) is 5.73 Å². The number of halogens is 1. The third-order valence-corrected chi connectivity index (χ3v) is 4.30. The molecule has 4 heteroatoms. The number of anilines is 3. The number of rotatable bonds is 3. The minimum absolute atomic E-state index is 0.628. The predicted molar refractivity (Wildman–Crippen MR) is 90.9 cm³/mol. The summed E-state index contributed by atoms with van der Waals surface area (Å²) in [6, 6.07) is 14.5. The average molecular weight is 302 g/mol. The van der Waals surface area contributed by atoms with Gasteiger partial charge < -0.3 is 15.5 Å². The van der Waals surface area contributed by atoms with Crippen molar-refractivity contribution < 1.29 is 0 Å². The number of para-hydroxylation sites is 3. The van der Waals surface area contributed by atoms with Crippen molar-refractivity contribution >= 4 is 28.7 Å². The van der Waals surface area contributed by atoms with Crippen LogP contribution in [0.5, 0.6) is 0 Å². The molecule has 0 atom stereocenters. The van der Waals surface area contributed by atoms with Crippen LogP contribution in [-0.4, -0.2) is 26.7 Å². The van der Waals surface area contributed by atoms with E-state index in [0.717, 1.165) is 30.2 Å². The van der Waals surface area contributed by atoms with Gasteiger partial charge >= 0.3 is 0 Å². The summed E-state index contributed by atoms with van der Waals surface area (Å²) in [5.41, 5.74) is 10.5. The number of benzene rings is 2. The van der Waals surface area contributed by atoms with Gasteiger partial charge in [-0.2, -0.15) is 0 Å². The van der Waals surface area contributed by atoms with E-state index in [0.29, 0.717) is 6.54 Å². The highest BCUT2D eigenvalue weighted by Gasteiger charge is 2.24. The second-order valence-electron chi connectivity index (χ2n) is 5.35. The number of hydrogen-bond acceptors (Lipinski definition) is 3. The Kier molecular flexibility index (Phi) is 4.04. The van der Waals surface area contributed by atoms with Crippen LogP contribution in [0.2, 0.25) is 5.02 Å². The minimum atomic E-state index is 0.628. The molecule has 0 spiro atoms. The Labute approximate surface area is 130 Å². The summed E-state index contributed by atoms with van der Waals surface area (Å²) in [5.74, 6) is 0. The lowest BCUT2D eigenvalue weighted by Gasteiger charge is -2.38. The normalized spacial score (nSPS) is 14.2. The van der Waals surface area contributed by atoms with E-state index in [1.807, 2.05) is 12.1 Å². The van der Waals surface area contributed by atoms with Crippen LogP contribution in [0.1, 0.15) is 5.56 Å². The molecule has 0 amide bonds. The van der Waals surface area contributed by atoms with E-state index in [9.17, 15) is 0 Å². The molecule has 110 valence electrons. The first-order valence-electron chi connectivity index (χ1n) is 7.27. The molecular weight excluding hydrogens is 282 g/mol. The molecule has 2 aromatic carbocycles. The monoisotopic (exact) mass is 301 g/mol. The molecule has 3 nitrogen and oxygen atoms in total. The van der Waals surface area contributed by atoms with Crippen LogP contribution in [0.4, 0.5) is 17.1 Å². The zero-order chi connectivity index (χ0) is 14.8. The summed E-state index contributed by atoms with van der Waals surface area (Å²) in [4.78, 5) is 4.61. The first-order chi connectivity index (χ1) is 10.2. The van der Waals surface area contributed by atoms with Gasteiger partial charge in [0.15, 0.2) is 0 Å². The fraction of sp³-hybridized carbons (Fsp3) is 0.294. The molecule has 21 heavy (non-hydrogen) atoms. The van der Waals surface area contributed by atoms with Crippen LogP contribution >= 0.6 is 11.6 Å². The van der Waals surface area contributed by atoms with Crippen LogP contribution in [0.15, 0.2) is 42.5 Å². The highest BCUT2D eigenvalue weighted by Crippen LogP contribution is 2.41. The average Bonchev–Trinajstić information content (AvgIpc) is 2.50. The van der Waals surface area contributed by atoms with E-state index in [-0.39, 0.29) is 0 Å². The Balaban J connectivity index is 2.12. The Bertz CT molecular complexity index is 642. The van der Waals surface area contributed by atoms with Crippen LogP contribution in [0.3, 0.4) is 0 Å². The van der Waals surface area contributed by atoms with Gasteiger partial charge in [0.05, 0.1) is 22.1 Å². The van der Waals surface area contributed by atoms with E-state index < -0.39 is 0 Å². The quantitative estimate of drug-likeness (QED) is 0.943. The Morgan fingerprint density at radius 3 is 2.57 bits per heavy atom. The van der Waals surface area contributed by atoms with Gasteiger partial charge in [-0.05, 0) is 36.7 Å². The van der Waals surface area contributed by atoms with Crippen molar-refractivity contribution in [2.45, 2.75) is 6.42 Å². The van der Waals surface area contributed by atoms with Crippen LogP contribution in [-0.2, 0) is 6.42 Å². The van der Waals surface area contributed by atoms with Gasteiger partial charge in [-0.25, -0.2) is 0 Å². The van der Waals surface area contributed by atoms with E-state index in [2.05, 4.69) is 47.2 Å². The molecule has 1 aliphatic rings. The SMILES string of the molecule is CN1CCN(c2c(Cl)cccc2CCN)c2ccccc21. The lowest BCUT2D eigenvalue weighted by Crippen LogP contribution is -2.37. The molecule has 0 saturated carbocycles. The van der Waals surface area contributed by atoms with Crippen molar-refractivity contribution in [3.63, 3.8) is 0 Å². The van der Waals surface area contributed by atoms with Crippen LogP contribution in [0, 0.1) is 0 Å². The van der Waals surface area contributed by atoms with Crippen molar-refractivity contribution in [2.75, 3.05) is 36.5 Å². The zero-order valence-electron chi connectivity index (χ0n) is 12.2. The lowest BCUT2D eigenvalue weighted by molar-refractivity contribution is 0.816. The first kappa shape index (κ1) is 14.2. The Morgan fingerprint density at radius 1 is 1.05 bits per heavy atom. The van der Waals surface area contributed by atoms with Crippen LogP contribution in [0.25, 0.3) is 0 Å². The highest BCUT2D eigenvalue weighted by atomic mass is 35.5. The van der Waals surface area contributed by atoms with E-state index >= 15 is 0 Å². The molecule has 0 radical (unpaired) electrons. The third kappa shape index (κ3) is 2.59. The summed E-state index contributed by atoms with van der Waals surface area (Å²) in [5, 5.41) is 0.792. The first-order valence-corrected chi connectivity index (χ1v) is 7.65. The number of likely N-dealkylation sites (N-methyl/N-ethyl adjacent to an activating group) is 1.